The molecule has 0 aromatic heterocycles. The summed E-state index contributed by atoms with van der Waals surface area (Å²) in [6, 6.07) is 0. The lowest BCUT2D eigenvalue weighted by molar-refractivity contribution is -0.152. The second-order valence-corrected chi connectivity index (χ2v) is 4.67. The molecule has 0 aliphatic heterocycles. The van der Waals surface area contributed by atoms with E-state index in [0.717, 1.165) is 6.42 Å². The molecule has 1 unspecified atom stereocenters. The zero-order chi connectivity index (χ0) is 10.7. The molecule has 0 heterocycles. The Morgan fingerprint density at radius 3 is 1.77 bits per heavy atom. The molecule has 0 radical (unpaired) electrons. The fourth-order valence-corrected chi connectivity index (χ4v) is 1.47. The molecule has 0 N–H and O–H groups in total. The first kappa shape index (κ1) is 12.8. The van der Waals surface area contributed by atoms with Crippen LogP contribution in [-0.2, 0) is 0 Å². The van der Waals surface area contributed by atoms with Crippen molar-refractivity contribution in [2.45, 2.75) is 53.1 Å². The summed E-state index contributed by atoms with van der Waals surface area (Å²) in [6.45, 7) is 7.55. The van der Waals surface area contributed by atoms with E-state index in [0.29, 0.717) is 6.42 Å². The van der Waals surface area contributed by atoms with Crippen LogP contribution in [0.4, 0.5) is 13.2 Å². The van der Waals surface area contributed by atoms with Gasteiger partial charge in [0.25, 0.3) is 0 Å². The van der Waals surface area contributed by atoms with Gasteiger partial charge in [-0.3, -0.25) is 0 Å². The van der Waals surface area contributed by atoms with Crippen LogP contribution in [0, 0.1) is 11.3 Å². The van der Waals surface area contributed by atoms with Crippen LogP contribution < -0.4 is 0 Å². The maximum Gasteiger partial charge on any atom is 0.389 e. The Morgan fingerprint density at radius 2 is 1.54 bits per heavy atom. The lowest BCUT2D eigenvalue weighted by atomic mass is 9.76. The average molecular weight is 196 g/mol. The number of rotatable bonds is 3. The molecule has 80 valence electrons. The van der Waals surface area contributed by atoms with Crippen molar-refractivity contribution in [3.8, 4) is 0 Å². The zero-order valence-corrected chi connectivity index (χ0v) is 8.83. The van der Waals surface area contributed by atoms with Crippen molar-refractivity contribution >= 4 is 0 Å². The predicted octanol–water partition coefficient (Wildman–Crippen LogP) is 4.40. The third-order valence-corrected chi connectivity index (χ3v) is 2.34. The van der Waals surface area contributed by atoms with Crippen LogP contribution >= 0.6 is 0 Å². The van der Waals surface area contributed by atoms with Gasteiger partial charge in [-0.2, -0.15) is 13.2 Å². The van der Waals surface area contributed by atoms with E-state index in [4.69, 9.17) is 0 Å². The lowest BCUT2D eigenvalue weighted by Crippen LogP contribution is -2.26. The first-order valence-corrected chi connectivity index (χ1v) is 4.73. The maximum atomic E-state index is 12.2. The number of hydrogen-bond acceptors (Lipinski definition) is 0. The summed E-state index contributed by atoms with van der Waals surface area (Å²) < 4.78 is 36.5. The summed E-state index contributed by atoms with van der Waals surface area (Å²) in [7, 11) is 0. The Hall–Kier alpha value is -0.210. The van der Waals surface area contributed by atoms with E-state index in [1.807, 2.05) is 27.7 Å². The third-order valence-electron chi connectivity index (χ3n) is 2.34. The predicted molar refractivity (Wildman–Crippen MR) is 48.5 cm³/mol. The SMILES string of the molecule is CCCC(CC(F)(F)F)C(C)(C)C. The molecule has 0 spiro atoms. The minimum Gasteiger partial charge on any atom is -0.171 e. The third kappa shape index (κ3) is 5.94. The van der Waals surface area contributed by atoms with Crippen molar-refractivity contribution in [3.05, 3.63) is 0 Å². The van der Waals surface area contributed by atoms with E-state index in [1.54, 1.807) is 0 Å². The molecule has 0 aromatic rings. The van der Waals surface area contributed by atoms with Crippen molar-refractivity contribution in [2.24, 2.45) is 11.3 Å². The van der Waals surface area contributed by atoms with Crippen LogP contribution in [0.15, 0.2) is 0 Å². The van der Waals surface area contributed by atoms with Gasteiger partial charge in [0, 0.05) is 6.42 Å². The summed E-state index contributed by atoms with van der Waals surface area (Å²) in [5.41, 5.74) is -0.245. The quantitative estimate of drug-likeness (QED) is 0.627. The average Bonchev–Trinajstić information content (AvgIpc) is 1.81. The van der Waals surface area contributed by atoms with E-state index in [2.05, 4.69) is 0 Å². The normalized spacial score (nSPS) is 15.9. The highest BCUT2D eigenvalue weighted by atomic mass is 19.4. The highest BCUT2D eigenvalue weighted by Crippen LogP contribution is 2.38. The van der Waals surface area contributed by atoms with Crippen LogP contribution in [0.1, 0.15) is 47.0 Å². The van der Waals surface area contributed by atoms with Gasteiger partial charge in [0.05, 0.1) is 0 Å². The first-order chi connectivity index (χ1) is 5.67. The highest BCUT2D eigenvalue weighted by molar-refractivity contribution is 4.76. The van der Waals surface area contributed by atoms with E-state index in [9.17, 15) is 13.2 Å². The Kier molecular flexibility index (Phi) is 4.27. The molecule has 0 amide bonds. The van der Waals surface area contributed by atoms with Crippen LogP contribution in [0.2, 0.25) is 0 Å². The molecule has 13 heavy (non-hydrogen) atoms. The fraction of sp³-hybridized carbons (Fsp3) is 1.00. The Morgan fingerprint density at radius 1 is 1.08 bits per heavy atom. The molecular weight excluding hydrogens is 177 g/mol. The Balaban J connectivity index is 4.27. The van der Waals surface area contributed by atoms with Crippen molar-refractivity contribution in [2.75, 3.05) is 0 Å². The van der Waals surface area contributed by atoms with Gasteiger partial charge in [-0.1, -0.05) is 34.1 Å². The largest absolute Gasteiger partial charge is 0.389 e. The minimum absolute atomic E-state index is 0.245. The summed E-state index contributed by atoms with van der Waals surface area (Å²) >= 11 is 0. The number of halogens is 3. The topological polar surface area (TPSA) is 0 Å². The summed E-state index contributed by atoms with van der Waals surface area (Å²) in [5.74, 6) is -0.252. The molecule has 0 nitrogen and oxygen atoms in total. The van der Waals surface area contributed by atoms with Crippen molar-refractivity contribution in [1.29, 1.82) is 0 Å². The van der Waals surface area contributed by atoms with Crippen molar-refractivity contribution in [3.63, 3.8) is 0 Å². The number of alkyl halides is 3. The van der Waals surface area contributed by atoms with E-state index < -0.39 is 12.6 Å². The standard InChI is InChI=1S/C10H19F3/c1-5-6-8(9(2,3)4)7-10(11,12)13/h8H,5-7H2,1-4H3. The molecule has 3 heteroatoms. The van der Waals surface area contributed by atoms with E-state index in [1.165, 1.54) is 0 Å². The Bertz CT molecular complexity index is 141. The smallest absolute Gasteiger partial charge is 0.171 e. The van der Waals surface area contributed by atoms with Gasteiger partial charge in [0.15, 0.2) is 0 Å². The van der Waals surface area contributed by atoms with Crippen LogP contribution in [-0.4, -0.2) is 6.18 Å². The summed E-state index contributed by atoms with van der Waals surface area (Å²) in [4.78, 5) is 0. The van der Waals surface area contributed by atoms with Gasteiger partial charge in [-0.05, 0) is 17.8 Å². The molecule has 0 fully saturated rings. The second-order valence-electron chi connectivity index (χ2n) is 4.67. The minimum atomic E-state index is -4.02. The van der Waals surface area contributed by atoms with Crippen molar-refractivity contribution in [1.82, 2.24) is 0 Å². The number of hydrogen-bond donors (Lipinski definition) is 0. The molecule has 0 rings (SSSR count). The molecule has 0 aliphatic carbocycles. The van der Waals surface area contributed by atoms with Gasteiger partial charge in [-0.25, -0.2) is 0 Å². The molecule has 0 bridgehead atoms. The van der Waals surface area contributed by atoms with Crippen molar-refractivity contribution < 1.29 is 13.2 Å². The molecule has 0 saturated heterocycles. The maximum absolute atomic E-state index is 12.2. The van der Waals surface area contributed by atoms with Crippen LogP contribution in [0.3, 0.4) is 0 Å². The molecule has 0 aliphatic rings. The van der Waals surface area contributed by atoms with Gasteiger partial charge in [-0.15, -0.1) is 0 Å². The molecule has 1 atom stereocenters. The highest BCUT2D eigenvalue weighted by Gasteiger charge is 2.36. The van der Waals surface area contributed by atoms with Gasteiger partial charge < -0.3 is 0 Å². The van der Waals surface area contributed by atoms with E-state index >= 15 is 0 Å². The molecular formula is C10H19F3. The van der Waals surface area contributed by atoms with E-state index in [-0.39, 0.29) is 11.3 Å². The molecule has 0 aromatic carbocycles. The summed E-state index contributed by atoms with van der Waals surface area (Å²) in [6.07, 6.45) is -3.20. The fourth-order valence-electron chi connectivity index (χ4n) is 1.47. The zero-order valence-electron chi connectivity index (χ0n) is 8.83. The first-order valence-electron chi connectivity index (χ1n) is 4.73. The molecule has 0 saturated carbocycles. The summed E-state index contributed by atoms with van der Waals surface area (Å²) in [5, 5.41) is 0. The van der Waals surface area contributed by atoms with Crippen LogP contribution in [0.5, 0.6) is 0 Å². The Labute approximate surface area is 78.5 Å². The second kappa shape index (κ2) is 4.34. The van der Waals surface area contributed by atoms with Gasteiger partial charge in [0.2, 0.25) is 0 Å². The monoisotopic (exact) mass is 196 g/mol. The van der Waals surface area contributed by atoms with Gasteiger partial charge in [0.1, 0.15) is 0 Å². The van der Waals surface area contributed by atoms with Crippen LogP contribution in [0.25, 0.3) is 0 Å². The van der Waals surface area contributed by atoms with Gasteiger partial charge >= 0.3 is 6.18 Å². The lowest BCUT2D eigenvalue weighted by Gasteiger charge is -2.31.